The van der Waals surface area contributed by atoms with E-state index in [1.807, 2.05) is 0 Å². The van der Waals surface area contributed by atoms with Crippen molar-refractivity contribution in [1.29, 1.82) is 0 Å². The number of hydrogen-bond donors (Lipinski definition) is 0. The molecule has 2 nitrogen and oxygen atoms in total. The Hall–Kier alpha value is -0.930. The third-order valence-corrected chi connectivity index (χ3v) is 2.04. The Morgan fingerprint density at radius 2 is 2.07 bits per heavy atom. The summed E-state index contributed by atoms with van der Waals surface area (Å²) >= 11 is 5.20. The molecule has 0 aliphatic rings. The van der Waals surface area contributed by atoms with Gasteiger partial charge in [-0.15, -0.1) is 0 Å². The number of carbonyl (C=O) groups excluding carboxylic acids is 1. The minimum Gasteiger partial charge on any atom is -0.365 e. The smallest absolute Gasteiger partial charge is 0.250 e. The number of carbonyl (C=O) groups is 1. The SMILES string of the molecule is C[C@H](OCc1ccc(F)cc1)C(=O)Cl. The predicted octanol–water partition coefficient (Wildman–Crippen LogP) is 2.50. The number of halogens is 2. The molecule has 0 radical (unpaired) electrons. The molecule has 1 aromatic carbocycles. The van der Waals surface area contributed by atoms with Crippen molar-refractivity contribution in [3.8, 4) is 0 Å². The molecule has 0 N–H and O–H groups in total. The van der Waals surface area contributed by atoms with Crippen molar-refractivity contribution >= 4 is 16.8 Å². The molecular formula is C10H10ClFO2. The van der Waals surface area contributed by atoms with Gasteiger partial charge in [-0.05, 0) is 36.2 Å². The molecule has 0 heterocycles. The number of ether oxygens (including phenoxy) is 1. The first kappa shape index (κ1) is 11.1. The number of rotatable bonds is 4. The molecule has 0 saturated heterocycles. The second kappa shape index (κ2) is 5.08. The number of hydrogen-bond acceptors (Lipinski definition) is 2. The zero-order valence-electron chi connectivity index (χ0n) is 7.67. The van der Waals surface area contributed by atoms with Gasteiger partial charge in [0.15, 0.2) is 0 Å². The predicted molar refractivity (Wildman–Crippen MR) is 51.5 cm³/mol. The van der Waals surface area contributed by atoms with E-state index in [9.17, 15) is 9.18 Å². The van der Waals surface area contributed by atoms with E-state index < -0.39 is 11.3 Å². The molecule has 14 heavy (non-hydrogen) atoms. The maximum absolute atomic E-state index is 12.5. The minimum absolute atomic E-state index is 0.250. The van der Waals surface area contributed by atoms with Gasteiger partial charge in [-0.1, -0.05) is 12.1 Å². The fourth-order valence-electron chi connectivity index (χ4n) is 0.867. The Kier molecular flexibility index (Phi) is 4.04. The van der Waals surface area contributed by atoms with Gasteiger partial charge in [0.25, 0.3) is 0 Å². The first-order valence-corrected chi connectivity index (χ1v) is 4.53. The molecule has 1 aromatic rings. The van der Waals surface area contributed by atoms with Crippen LogP contribution in [0, 0.1) is 5.82 Å². The third-order valence-electron chi connectivity index (χ3n) is 1.73. The summed E-state index contributed by atoms with van der Waals surface area (Å²) < 4.78 is 17.6. The Bertz CT molecular complexity index is 310. The third kappa shape index (κ3) is 3.44. The quantitative estimate of drug-likeness (QED) is 0.723. The summed E-state index contributed by atoms with van der Waals surface area (Å²) in [5.74, 6) is -0.296. The Morgan fingerprint density at radius 1 is 1.50 bits per heavy atom. The van der Waals surface area contributed by atoms with Crippen molar-refractivity contribution in [2.75, 3.05) is 0 Å². The largest absolute Gasteiger partial charge is 0.365 e. The summed E-state index contributed by atoms with van der Waals surface area (Å²) in [5, 5.41) is -0.535. The highest BCUT2D eigenvalue weighted by Crippen LogP contribution is 2.06. The molecule has 1 atom stereocenters. The van der Waals surface area contributed by atoms with Gasteiger partial charge in [0.2, 0.25) is 5.24 Å². The van der Waals surface area contributed by atoms with Gasteiger partial charge in [-0.25, -0.2) is 4.39 Å². The zero-order chi connectivity index (χ0) is 10.6. The van der Waals surface area contributed by atoms with E-state index in [1.165, 1.54) is 12.1 Å². The maximum Gasteiger partial charge on any atom is 0.250 e. The van der Waals surface area contributed by atoms with Gasteiger partial charge in [-0.3, -0.25) is 4.79 Å². The van der Waals surface area contributed by atoms with Crippen molar-refractivity contribution in [2.45, 2.75) is 19.6 Å². The van der Waals surface area contributed by atoms with Crippen LogP contribution in [0.1, 0.15) is 12.5 Å². The van der Waals surface area contributed by atoms with Crippen LogP contribution in [-0.4, -0.2) is 11.3 Å². The normalized spacial score (nSPS) is 12.5. The van der Waals surface area contributed by atoms with Gasteiger partial charge < -0.3 is 4.74 Å². The fraction of sp³-hybridized carbons (Fsp3) is 0.300. The van der Waals surface area contributed by atoms with Gasteiger partial charge in [-0.2, -0.15) is 0 Å². The highest BCUT2D eigenvalue weighted by Gasteiger charge is 2.09. The Morgan fingerprint density at radius 3 is 2.57 bits per heavy atom. The summed E-state index contributed by atoms with van der Waals surface area (Å²) in [4.78, 5) is 10.6. The molecular weight excluding hydrogens is 207 g/mol. The molecule has 0 aromatic heterocycles. The molecule has 0 aliphatic carbocycles. The minimum atomic E-state index is -0.637. The highest BCUT2D eigenvalue weighted by molar-refractivity contribution is 6.64. The molecule has 0 aliphatic heterocycles. The van der Waals surface area contributed by atoms with E-state index in [4.69, 9.17) is 16.3 Å². The van der Waals surface area contributed by atoms with Crippen LogP contribution in [0.3, 0.4) is 0 Å². The van der Waals surface area contributed by atoms with Crippen molar-refractivity contribution in [3.63, 3.8) is 0 Å². The zero-order valence-corrected chi connectivity index (χ0v) is 8.42. The Balaban J connectivity index is 2.46. The average molecular weight is 217 g/mol. The van der Waals surface area contributed by atoms with Crippen LogP contribution in [0.25, 0.3) is 0 Å². The van der Waals surface area contributed by atoms with Crippen LogP contribution in [0.2, 0.25) is 0 Å². The average Bonchev–Trinajstić information content (AvgIpc) is 2.16. The van der Waals surface area contributed by atoms with E-state index in [-0.39, 0.29) is 12.4 Å². The van der Waals surface area contributed by atoms with Crippen molar-refractivity contribution in [2.24, 2.45) is 0 Å². The van der Waals surface area contributed by atoms with Crippen LogP contribution >= 0.6 is 11.6 Å². The monoisotopic (exact) mass is 216 g/mol. The lowest BCUT2D eigenvalue weighted by molar-refractivity contribution is -0.122. The van der Waals surface area contributed by atoms with Crippen molar-refractivity contribution in [3.05, 3.63) is 35.6 Å². The van der Waals surface area contributed by atoms with Gasteiger partial charge in [0, 0.05) is 0 Å². The molecule has 0 amide bonds. The van der Waals surface area contributed by atoms with Crippen molar-refractivity contribution in [1.82, 2.24) is 0 Å². The van der Waals surface area contributed by atoms with Crippen LogP contribution in [0.5, 0.6) is 0 Å². The van der Waals surface area contributed by atoms with Gasteiger partial charge >= 0.3 is 0 Å². The Labute approximate surface area is 86.6 Å². The lowest BCUT2D eigenvalue weighted by Gasteiger charge is -2.07. The fourth-order valence-corrected chi connectivity index (χ4v) is 0.930. The first-order valence-electron chi connectivity index (χ1n) is 4.15. The second-order valence-corrected chi connectivity index (χ2v) is 3.26. The van der Waals surface area contributed by atoms with E-state index >= 15 is 0 Å². The molecule has 0 bridgehead atoms. The standard InChI is InChI=1S/C10H10ClFO2/c1-7(10(11)13)14-6-8-2-4-9(12)5-3-8/h2-5,7H,6H2,1H3/t7-/m0/s1. The highest BCUT2D eigenvalue weighted by atomic mass is 35.5. The molecule has 1 rings (SSSR count). The molecule has 0 unspecified atom stereocenters. The molecule has 76 valence electrons. The van der Waals surface area contributed by atoms with E-state index in [2.05, 4.69) is 0 Å². The molecule has 4 heteroatoms. The second-order valence-electron chi connectivity index (χ2n) is 2.88. The topological polar surface area (TPSA) is 26.3 Å². The van der Waals surface area contributed by atoms with Gasteiger partial charge in [0.1, 0.15) is 11.9 Å². The van der Waals surface area contributed by atoms with E-state index in [1.54, 1.807) is 19.1 Å². The molecule has 0 fully saturated rings. The van der Waals surface area contributed by atoms with Crippen LogP contribution < -0.4 is 0 Å². The lowest BCUT2D eigenvalue weighted by atomic mass is 10.2. The van der Waals surface area contributed by atoms with Crippen LogP contribution in [0.4, 0.5) is 4.39 Å². The molecule has 0 spiro atoms. The molecule has 0 saturated carbocycles. The summed E-state index contributed by atoms with van der Waals surface area (Å²) in [6.45, 7) is 1.82. The van der Waals surface area contributed by atoms with Crippen LogP contribution in [0.15, 0.2) is 24.3 Å². The van der Waals surface area contributed by atoms with Crippen LogP contribution in [-0.2, 0) is 16.1 Å². The van der Waals surface area contributed by atoms with Crippen molar-refractivity contribution < 1.29 is 13.9 Å². The first-order chi connectivity index (χ1) is 6.59. The van der Waals surface area contributed by atoms with E-state index in [0.29, 0.717) is 0 Å². The maximum atomic E-state index is 12.5. The van der Waals surface area contributed by atoms with E-state index in [0.717, 1.165) is 5.56 Å². The number of benzene rings is 1. The summed E-state index contributed by atoms with van der Waals surface area (Å²) in [5.41, 5.74) is 0.802. The summed E-state index contributed by atoms with van der Waals surface area (Å²) in [6, 6.07) is 5.87. The lowest BCUT2D eigenvalue weighted by Crippen LogP contribution is -2.15. The summed E-state index contributed by atoms with van der Waals surface area (Å²) in [6.07, 6.45) is -0.637. The summed E-state index contributed by atoms with van der Waals surface area (Å²) in [7, 11) is 0. The van der Waals surface area contributed by atoms with Gasteiger partial charge in [0.05, 0.1) is 6.61 Å².